The number of hydrogen-bond donors (Lipinski definition) is 2. The second-order valence-electron chi connectivity index (χ2n) is 5.59. The second kappa shape index (κ2) is 7.13. The summed E-state index contributed by atoms with van der Waals surface area (Å²) in [6.07, 6.45) is 6.23. The average molecular weight is 275 g/mol. The molecule has 110 valence electrons. The monoisotopic (exact) mass is 275 g/mol. The number of hydrogen-bond acceptors (Lipinski definition) is 5. The Morgan fingerprint density at radius 2 is 1.95 bits per heavy atom. The highest BCUT2D eigenvalue weighted by Crippen LogP contribution is 2.19. The molecule has 5 heteroatoms. The van der Waals surface area contributed by atoms with Crippen molar-refractivity contribution < 1.29 is 0 Å². The number of nitrogens with zero attached hydrogens (tertiary/aromatic N) is 3. The molecule has 0 radical (unpaired) electrons. The summed E-state index contributed by atoms with van der Waals surface area (Å²) < 4.78 is 0. The fourth-order valence-electron chi connectivity index (χ4n) is 3.12. The molecule has 2 saturated heterocycles. The summed E-state index contributed by atoms with van der Waals surface area (Å²) in [5.41, 5.74) is 1.31. The molecule has 2 aliphatic rings. The minimum absolute atomic E-state index is 0.443. The van der Waals surface area contributed by atoms with Crippen molar-refractivity contribution in [3.63, 3.8) is 0 Å². The van der Waals surface area contributed by atoms with Gasteiger partial charge in [0.15, 0.2) is 0 Å². The van der Waals surface area contributed by atoms with Crippen LogP contribution < -0.4 is 10.6 Å². The van der Waals surface area contributed by atoms with E-state index in [2.05, 4.69) is 31.7 Å². The van der Waals surface area contributed by atoms with Crippen molar-refractivity contribution >= 4 is 0 Å². The van der Waals surface area contributed by atoms with Crippen molar-refractivity contribution in [1.82, 2.24) is 25.6 Å². The van der Waals surface area contributed by atoms with Crippen molar-refractivity contribution in [3.8, 4) is 0 Å². The number of pyridine rings is 1. The van der Waals surface area contributed by atoms with Gasteiger partial charge in [0.2, 0.25) is 0 Å². The summed E-state index contributed by atoms with van der Waals surface area (Å²) in [5, 5.41) is 12.2. The van der Waals surface area contributed by atoms with Crippen LogP contribution in [0, 0.1) is 0 Å². The SMILES string of the molecule is c1cncc(C2CCN(N3CCCNCC3)CCN2)c1. The first-order valence-electron chi connectivity index (χ1n) is 7.77. The molecule has 2 fully saturated rings. The van der Waals surface area contributed by atoms with Crippen LogP contribution in [0.25, 0.3) is 0 Å². The third-order valence-electron chi connectivity index (χ3n) is 4.24. The third kappa shape index (κ3) is 3.55. The summed E-state index contributed by atoms with van der Waals surface area (Å²) in [6, 6.07) is 4.65. The molecule has 0 saturated carbocycles. The summed E-state index contributed by atoms with van der Waals surface area (Å²) in [5.74, 6) is 0. The van der Waals surface area contributed by atoms with E-state index in [0.29, 0.717) is 6.04 Å². The minimum atomic E-state index is 0.443. The molecule has 5 nitrogen and oxygen atoms in total. The normalized spacial score (nSPS) is 26.9. The van der Waals surface area contributed by atoms with Gasteiger partial charge in [-0.05, 0) is 31.0 Å². The van der Waals surface area contributed by atoms with E-state index < -0.39 is 0 Å². The molecule has 0 spiro atoms. The minimum Gasteiger partial charge on any atom is -0.315 e. The van der Waals surface area contributed by atoms with Gasteiger partial charge in [-0.15, -0.1) is 0 Å². The summed E-state index contributed by atoms with van der Waals surface area (Å²) >= 11 is 0. The summed E-state index contributed by atoms with van der Waals surface area (Å²) in [6.45, 7) is 7.87. The topological polar surface area (TPSA) is 43.4 Å². The summed E-state index contributed by atoms with van der Waals surface area (Å²) in [7, 11) is 0. The highest BCUT2D eigenvalue weighted by Gasteiger charge is 2.22. The Balaban J connectivity index is 1.59. The molecule has 1 atom stereocenters. The van der Waals surface area contributed by atoms with Crippen LogP contribution >= 0.6 is 0 Å². The van der Waals surface area contributed by atoms with Crippen molar-refractivity contribution in [2.75, 3.05) is 45.8 Å². The Hall–Kier alpha value is -1.01. The lowest BCUT2D eigenvalue weighted by molar-refractivity contribution is -0.0144. The lowest BCUT2D eigenvalue weighted by Gasteiger charge is -2.33. The lowest BCUT2D eigenvalue weighted by atomic mass is 10.1. The second-order valence-corrected chi connectivity index (χ2v) is 5.59. The Kier molecular flexibility index (Phi) is 4.97. The van der Waals surface area contributed by atoms with Gasteiger partial charge in [0.05, 0.1) is 0 Å². The molecule has 1 aromatic heterocycles. The number of rotatable bonds is 2. The van der Waals surface area contributed by atoms with E-state index in [1.165, 1.54) is 18.5 Å². The van der Waals surface area contributed by atoms with Gasteiger partial charge in [0, 0.05) is 57.7 Å². The molecule has 0 amide bonds. The zero-order valence-corrected chi connectivity index (χ0v) is 12.1. The molecule has 3 rings (SSSR count). The molecule has 0 aliphatic carbocycles. The fraction of sp³-hybridized carbons (Fsp3) is 0.667. The molecule has 2 N–H and O–H groups in total. The number of hydrazine groups is 1. The smallest absolute Gasteiger partial charge is 0.0348 e. The van der Waals surface area contributed by atoms with Crippen LogP contribution in [0.3, 0.4) is 0 Å². The largest absolute Gasteiger partial charge is 0.315 e. The van der Waals surface area contributed by atoms with E-state index in [1.807, 2.05) is 18.5 Å². The molecule has 1 unspecified atom stereocenters. The van der Waals surface area contributed by atoms with Crippen molar-refractivity contribution in [2.24, 2.45) is 0 Å². The van der Waals surface area contributed by atoms with E-state index in [1.54, 1.807) is 0 Å². The van der Waals surface area contributed by atoms with Crippen LogP contribution in [0.1, 0.15) is 24.4 Å². The van der Waals surface area contributed by atoms with Crippen molar-refractivity contribution in [1.29, 1.82) is 0 Å². The van der Waals surface area contributed by atoms with Crippen LogP contribution in [0.15, 0.2) is 24.5 Å². The zero-order chi connectivity index (χ0) is 13.6. The van der Waals surface area contributed by atoms with Crippen LogP contribution in [0.4, 0.5) is 0 Å². The Morgan fingerprint density at radius 1 is 1.05 bits per heavy atom. The molecule has 2 aliphatic heterocycles. The summed E-state index contributed by atoms with van der Waals surface area (Å²) in [4.78, 5) is 4.24. The van der Waals surface area contributed by atoms with Gasteiger partial charge in [-0.1, -0.05) is 6.07 Å². The van der Waals surface area contributed by atoms with E-state index in [4.69, 9.17) is 0 Å². The molecular formula is C15H25N5. The highest BCUT2D eigenvalue weighted by molar-refractivity contribution is 5.14. The van der Waals surface area contributed by atoms with Gasteiger partial charge in [0.25, 0.3) is 0 Å². The average Bonchev–Trinajstić information content (AvgIpc) is 2.91. The first kappa shape index (κ1) is 13.9. The molecule has 1 aromatic rings. The van der Waals surface area contributed by atoms with Crippen LogP contribution in [0.2, 0.25) is 0 Å². The van der Waals surface area contributed by atoms with Gasteiger partial charge in [-0.2, -0.15) is 0 Å². The van der Waals surface area contributed by atoms with E-state index in [9.17, 15) is 0 Å². The van der Waals surface area contributed by atoms with Crippen molar-refractivity contribution in [3.05, 3.63) is 30.1 Å². The van der Waals surface area contributed by atoms with Gasteiger partial charge in [0.1, 0.15) is 0 Å². The maximum absolute atomic E-state index is 4.24. The van der Waals surface area contributed by atoms with E-state index in [0.717, 1.165) is 45.7 Å². The fourth-order valence-corrected chi connectivity index (χ4v) is 3.12. The highest BCUT2D eigenvalue weighted by atomic mass is 15.6. The molecule has 0 aromatic carbocycles. The number of nitrogens with one attached hydrogen (secondary N) is 2. The Bertz CT molecular complexity index is 389. The maximum Gasteiger partial charge on any atom is 0.0348 e. The van der Waals surface area contributed by atoms with Crippen LogP contribution in [-0.2, 0) is 0 Å². The molecule has 3 heterocycles. The third-order valence-corrected chi connectivity index (χ3v) is 4.24. The molecule has 20 heavy (non-hydrogen) atoms. The Labute approximate surface area is 121 Å². The maximum atomic E-state index is 4.24. The predicted octanol–water partition coefficient (Wildman–Crippen LogP) is 0.628. The van der Waals surface area contributed by atoms with Gasteiger partial charge in [-0.25, -0.2) is 10.0 Å². The molecular weight excluding hydrogens is 250 g/mol. The number of aromatic nitrogens is 1. The van der Waals surface area contributed by atoms with Crippen LogP contribution in [0.5, 0.6) is 0 Å². The standard InChI is InChI=1S/C15H25N5/c1-3-14(13-17-5-1)15-4-10-20(12-8-18-15)19-9-2-6-16-7-11-19/h1,3,5,13,15-16,18H,2,4,6-12H2. The van der Waals surface area contributed by atoms with E-state index in [-0.39, 0.29) is 0 Å². The van der Waals surface area contributed by atoms with E-state index >= 15 is 0 Å². The Morgan fingerprint density at radius 3 is 2.85 bits per heavy atom. The predicted molar refractivity (Wildman–Crippen MR) is 80.2 cm³/mol. The van der Waals surface area contributed by atoms with Gasteiger partial charge < -0.3 is 10.6 Å². The van der Waals surface area contributed by atoms with Gasteiger partial charge >= 0.3 is 0 Å². The van der Waals surface area contributed by atoms with Crippen LogP contribution in [-0.4, -0.2) is 60.8 Å². The molecule has 0 bridgehead atoms. The first-order valence-corrected chi connectivity index (χ1v) is 7.77. The van der Waals surface area contributed by atoms with Gasteiger partial charge in [-0.3, -0.25) is 4.98 Å². The first-order chi connectivity index (χ1) is 9.93. The quantitative estimate of drug-likeness (QED) is 0.829. The van der Waals surface area contributed by atoms with Crippen molar-refractivity contribution in [2.45, 2.75) is 18.9 Å². The zero-order valence-electron chi connectivity index (χ0n) is 12.1. The lowest BCUT2D eigenvalue weighted by Crippen LogP contribution is -2.46.